The molecule has 1 fully saturated rings. The Morgan fingerprint density at radius 2 is 1.80 bits per heavy atom. The summed E-state index contributed by atoms with van der Waals surface area (Å²) in [5.41, 5.74) is 0.846. The maximum absolute atomic E-state index is 9.41. The van der Waals surface area contributed by atoms with Crippen LogP contribution in [0.5, 0.6) is 5.75 Å². The fourth-order valence-electron chi connectivity index (χ4n) is 1.85. The Kier molecular flexibility index (Phi) is 2.44. The van der Waals surface area contributed by atoms with E-state index in [9.17, 15) is 5.11 Å². The number of benzene rings is 1. The number of hydrogen-bond donors (Lipinski definition) is 1. The first-order valence-electron chi connectivity index (χ1n) is 5.16. The molecule has 1 N–H and O–H groups in total. The number of phenols is 1. The van der Waals surface area contributed by atoms with E-state index in [2.05, 4.69) is 0 Å². The largest absolute Gasteiger partial charge is 0.508 e. The van der Waals surface area contributed by atoms with Crippen LogP contribution in [-0.4, -0.2) is 17.3 Å². The molecule has 1 aromatic carbocycles. The van der Waals surface area contributed by atoms with Gasteiger partial charge in [0.1, 0.15) is 5.75 Å². The molecule has 0 bridgehead atoms. The highest BCUT2D eigenvalue weighted by Gasteiger charge is 2.41. The molecule has 0 aromatic heterocycles. The van der Waals surface area contributed by atoms with Gasteiger partial charge in [-0.1, -0.05) is 12.1 Å². The lowest BCUT2D eigenvalue weighted by molar-refractivity contribution is -0.167. The van der Waals surface area contributed by atoms with Crippen molar-refractivity contribution in [1.29, 1.82) is 0 Å². The maximum atomic E-state index is 9.41. The summed E-state index contributed by atoms with van der Waals surface area (Å²) >= 11 is 0. The fraction of sp³-hybridized carbons (Fsp3) is 0.500. The molecule has 3 nitrogen and oxygen atoms in total. The zero-order chi connectivity index (χ0) is 11.1. The number of ether oxygens (including phenoxy) is 2. The molecule has 2 unspecified atom stereocenters. The molecule has 0 amide bonds. The van der Waals surface area contributed by atoms with Crippen molar-refractivity contribution >= 4 is 0 Å². The molecule has 2 rings (SSSR count). The highest BCUT2D eigenvalue weighted by molar-refractivity contribution is 5.30. The topological polar surface area (TPSA) is 38.7 Å². The number of aromatic hydroxyl groups is 1. The van der Waals surface area contributed by atoms with Crippen LogP contribution in [0.2, 0.25) is 0 Å². The quantitative estimate of drug-likeness (QED) is 0.770. The SMILES string of the molecule is CC1OC(C)(c2cccc(O)c2)OC1C. The Balaban J connectivity index is 2.31. The van der Waals surface area contributed by atoms with Crippen LogP contribution in [0.15, 0.2) is 24.3 Å². The zero-order valence-electron chi connectivity index (χ0n) is 9.23. The zero-order valence-corrected chi connectivity index (χ0v) is 9.23. The van der Waals surface area contributed by atoms with E-state index >= 15 is 0 Å². The summed E-state index contributed by atoms with van der Waals surface area (Å²) in [6.07, 6.45) is 0.134. The van der Waals surface area contributed by atoms with Crippen LogP contribution in [0.4, 0.5) is 0 Å². The lowest BCUT2D eigenvalue weighted by atomic mass is 10.1. The molecule has 1 saturated heterocycles. The summed E-state index contributed by atoms with van der Waals surface area (Å²) in [6.45, 7) is 5.85. The van der Waals surface area contributed by atoms with Crippen LogP contribution in [0.3, 0.4) is 0 Å². The summed E-state index contributed by atoms with van der Waals surface area (Å²) in [4.78, 5) is 0. The summed E-state index contributed by atoms with van der Waals surface area (Å²) < 4.78 is 11.5. The molecule has 1 aromatic rings. The van der Waals surface area contributed by atoms with E-state index in [-0.39, 0.29) is 18.0 Å². The fourth-order valence-corrected chi connectivity index (χ4v) is 1.85. The number of rotatable bonds is 1. The van der Waals surface area contributed by atoms with Crippen molar-refractivity contribution in [2.45, 2.75) is 38.8 Å². The molecule has 82 valence electrons. The summed E-state index contributed by atoms with van der Waals surface area (Å²) in [5, 5.41) is 9.41. The second-order valence-corrected chi connectivity index (χ2v) is 4.14. The third-order valence-corrected chi connectivity index (χ3v) is 2.85. The molecule has 1 aliphatic heterocycles. The standard InChI is InChI=1S/C12H16O3/c1-8-9(2)15-12(3,14-8)10-5-4-6-11(13)7-10/h4-9,13H,1-3H3. The van der Waals surface area contributed by atoms with E-state index in [0.717, 1.165) is 5.56 Å². The van der Waals surface area contributed by atoms with E-state index < -0.39 is 5.79 Å². The Morgan fingerprint density at radius 3 is 2.33 bits per heavy atom. The highest BCUT2D eigenvalue weighted by atomic mass is 16.8. The first kappa shape index (κ1) is 10.5. The normalized spacial score (nSPS) is 35.7. The van der Waals surface area contributed by atoms with Crippen LogP contribution in [0, 0.1) is 0 Å². The van der Waals surface area contributed by atoms with E-state index in [1.54, 1.807) is 18.2 Å². The highest BCUT2D eigenvalue weighted by Crippen LogP contribution is 2.37. The van der Waals surface area contributed by atoms with Crippen molar-refractivity contribution in [3.8, 4) is 5.75 Å². The molecular weight excluding hydrogens is 192 g/mol. The molecule has 2 atom stereocenters. The van der Waals surface area contributed by atoms with Crippen LogP contribution < -0.4 is 0 Å². The Morgan fingerprint density at radius 1 is 1.20 bits per heavy atom. The van der Waals surface area contributed by atoms with Crippen LogP contribution in [-0.2, 0) is 15.3 Å². The van der Waals surface area contributed by atoms with Gasteiger partial charge in [-0.05, 0) is 32.9 Å². The summed E-state index contributed by atoms with van der Waals surface area (Å²) in [5.74, 6) is -0.509. The van der Waals surface area contributed by atoms with Gasteiger partial charge in [0.25, 0.3) is 0 Å². The third kappa shape index (κ3) is 1.85. The third-order valence-electron chi connectivity index (χ3n) is 2.85. The number of phenolic OH excluding ortho intramolecular Hbond substituents is 1. The predicted molar refractivity (Wildman–Crippen MR) is 56.6 cm³/mol. The van der Waals surface area contributed by atoms with Gasteiger partial charge in [0.2, 0.25) is 0 Å². The molecule has 0 spiro atoms. The molecular formula is C12H16O3. The van der Waals surface area contributed by atoms with E-state index in [1.165, 1.54) is 0 Å². The lowest BCUT2D eigenvalue weighted by Crippen LogP contribution is -2.23. The van der Waals surface area contributed by atoms with Gasteiger partial charge in [-0.25, -0.2) is 0 Å². The average molecular weight is 208 g/mol. The Labute approximate surface area is 89.6 Å². The second kappa shape index (κ2) is 3.51. The van der Waals surface area contributed by atoms with Crippen molar-refractivity contribution in [2.24, 2.45) is 0 Å². The van der Waals surface area contributed by atoms with Crippen molar-refractivity contribution in [3.63, 3.8) is 0 Å². The van der Waals surface area contributed by atoms with Gasteiger partial charge >= 0.3 is 0 Å². The first-order valence-corrected chi connectivity index (χ1v) is 5.16. The van der Waals surface area contributed by atoms with Crippen LogP contribution in [0.25, 0.3) is 0 Å². The monoisotopic (exact) mass is 208 g/mol. The van der Waals surface area contributed by atoms with Crippen molar-refractivity contribution < 1.29 is 14.6 Å². The molecule has 15 heavy (non-hydrogen) atoms. The maximum Gasteiger partial charge on any atom is 0.192 e. The van der Waals surface area contributed by atoms with E-state index in [1.807, 2.05) is 26.8 Å². The minimum absolute atomic E-state index is 0.0670. The van der Waals surface area contributed by atoms with Crippen LogP contribution in [0.1, 0.15) is 26.3 Å². The van der Waals surface area contributed by atoms with Gasteiger partial charge in [-0.2, -0.15) is 0 Å². The van der Waals surface area contributed by atoms with E-state index in [4.69, 9.17) is 9.47 Å². The van der Waals surface area contributed by atoms with Gasteiger partial charge in [-0.3, -0.25) is 0 Å². The van der Waals surface area contributed by atoms with Gasteiger partial charge in [0.15, 0.2) is 5.79 Å². The van der Waals surface area contributed by atoms with Crippen molar-refractivity contribution in [3.05, 3.63) is 29.8 Å². The van der Waals surface area contributed by atoms with Crippen molar-refractivity contribution in [1.82, 2.24) is 0 Å². The Hall–Kier alpha value is -1.06. The minimum atomic E-state index is -0.739. The number of hydrogen-bond acceptors (Lipinski definition) is 3. The van der Waals surface area contributed by atoms with E-state index in [0.29, 0.717) is 0 Å². The molecule has 3 heteroatoms. The average Bonchev–Trinajstić information content (AvgIpc) is 2.42. The first-order chi connectivity index (χ1) is 7.01. The lowest BCUT2D eigenvalue weighted by Gasteiger charge is -2.23. The summed E-state index contributed by atoms with van der Waals surface area (Å²) in [7, 11) is 0. The molecule has 1 aliphatic rings. The Bertz CT molecular complexity index is 352. The van der Waals surface area contributed by atoms with Gasteiger partial charge in [-0.15, -0.1) is 0 Å². The molecule has 0 radical (unpaired) electrons. The van der Waals surface area contributed by atoms with Gasteiger partial charge in [0, 0.05) is 5.56 Å². The van der Waals surface area contributed by atoms with Gasteiger partial charge < -0.3 is 14.6 Å². The molecule has 0 aliphatic carbocycles. The minimum Gasteiger partial charge on any atom is -0.508 e. The predicted octanol–water partition coefficient (Wildman–Crippen LogP) is 2.39. The summed E-state index contributed by atoms with van der Waals surface area (Å²) in [6, 6.07) is 6.99. The molecule has 1 heterocycles. The van der Waals surface area contributed by atoms with Crippen molar-refractivity contribution in [2.75, 3.05) is 0 Å². The smallest absolute Gasteiger partial charge is 0.192 e. The van der Waals surface area contributed by atoms with Gasteiger partial charge in [0.05, 0.1) is 12.2 Å². The molecule has 0 saturated carbocycles. The second-order valence-electron chi connectivity index (χ2n) is 4.14. The van der Waals surface area contributed by atoms with Crippen LogP contribution >= 0.6 is 0 Å².